The van der Waals surface area contributed by atoms with Crippen LogP contribution in [0, 0.1) is 0 Å². The van der Waals surface area contributed by atoms with Gasteiger partial charge in [0.05, 0.1) is 5.56 Å². The fourth-order valence-electron chi connectivity index (χ4n) is 2.46. The minimum atomic E-state index is -4.32. The van der Waals surface area contributed by atoms with Crippen LogP contribution in [0.3, 0.4) is 0 Å². The van der Waals surface area contributed by atoms with Crippen molar-refractivity contribution in [2.75, 3.05) is 18.0 Å². The summed E-state index contributed by atoms with van der Waals surface area (Å²) < 4.78 is 38.8. The van der Waals surface area contributed by atoms with Gasteiger partial charge in [-0.3, -0.25) is 0 Å². The highest BCUT2D eigenvalue weighted by Crippen LogP contribution is 2.37. The van der Waals surface area contributed by atoms with E-state index < -0.39 is 17.3 Å². The molecule has 0 spiro atoms. The minimum Gasteiger partial charge on any atom is -0.369 e. The van der Waals surface area contributed by atoms with Gasteiger partial charge in [0.1, 0.15) is 0 Å². The van der Waals surface area contributed by atoms with Crippen LogP contribution >= 0.6 is 0 Å². The third-order valence-electron chi connectivity index (χ3n) is 3.28. The van der Waals surface area contributed by atoms with Crippen molar-refractivity contribution in [2.24, 2.45) is 5.73 Å². The van der Waals surface area contributed by atoms with Gasteiger partial charge in [-0.15, -0.1) is 0 Å². The maximum atomic E-state index is 12.9. The molecule has 1 atom stereocenters. The number of nitrogens with two attached hydrogens (primary N) is 1. The Morgan fingerprint density at radius 3 is 2.56 bits per heavy atom. The molecule has 2 rings (SSSR count). The van der Waals surface area contributed by atoms with Gasteiger partial charge in [0, 0.05) is 24.3 Å². The van der Waals surface area contributed by atoms with Crippen molar-refractivity contribution in [1.29, 1.82) is 0 Å². The molecule has 1 unspecified atom stereocenters. The van der Waals surface area contributed by atoms with Gasteiger partial charge in [0.2, 0.25) is 0 Å². The average Bonchev–Trinajstić information content (AvgIpc) is 2.26. The number of para-hydroxylation sites is 1. The van der Waals surface area contributed by atoms with Gasteiger partial charge in [-0.2, -0.15) is 13.2 Å². The van der Waals surface area contributed by atoms with Crippen LogP contribution in [0.15, 0.2) is 24.3 Å². The lowest BCUT2D eigenvalue weighted by molar-refractivity contribution is -0.137. The number of rotatable bonds is 1. The molecule has 1 aromatic rings. The molecule has 1 aromatic carbocycles. The largest absolute Gasteiger partial charge is 0.418 e. The second-order valence-corrected chi connectivity index (χ2v) is 5.19. The van der Waals surface area contributed by atoms with E-state index in [1.807, 2.05) is 6.92 Å². The Morgan fingerprint density at radius 1 is 1.28 bits per heavy atom. The smallest absolute Gasteiger partial charge is 0.369 e. The van der Waals surface area contributed by atoms with E-state index in [4.69, 9.17) is 5.73 Å². The molecule has 1 fully saturated rings. The molecule has 1 aliphatic heterocycles. The molecule has 1 heterocycles. The molecule has 0 aliphatic carbocycles. The summed E-state index contributed by atoms with van der Waals surface area (Å²) in [5.41, 5.74) is 5.28. The zero-order valence-electron chi connectivity index (χ0n) is 10.3. The number of piperidine rings is 1. The van der Waals surface area contributed by atoms with E-state index >= 15 is 0 Å². The summed E-state index contributed by atoms with van der Waals surface area (Å²) in [6, 6.07) is 5.69. The van der Waals surface area contributed by atoms with E-state index in [1.165, 1.54) is 12.1 Å². The van der Waals surface area contributed by atoms with Crippen molar-refractivity contribution >= 4 is 5.69 Å². The number of alkyl halides is 3. The molecule has 2 nitrogen and oxygen atoms in total. The molecule has 100 valence electrons. The van der Waals surface area contributed by atoms with Crippen LogP contribution in [-0.4, -0.2) is 18.6 Å². The predicted molar refractivity (Wildman–Crippen MR) is 65.5 cm³/mol. The first-order valence-corrected chi connectivity index (χ1v) is 6.00. The van der Waals surface area contributed by atoms with Crippen LogP contribution < -0.4 is 10.6 Å². The lowest BCUT2D eigenvalue weighted by Crippen LogP contribution is -2.52. The third kappa shape index (κ3) is 2.77. The van der Waals surface area contributed by atoms with Gasteiger partial charge in [-0.1, -0.05) is 12.1 Å². The van der Waals surface area contributed by atoms with Gasteiger partial charge in [-0.05, 0) is 31.9 Å². The zero-order valence-corrected chi connectivity index (χ0v) is 10.3. The lowest BCUT2D eigenvalue weighted by Gasteiger charge is -2.40. The Labute approximate surface area is 105 Å². The van der Waals surface area contributed by atoms with Gasteiger partial charge < -0.3 is 10.6 Å². The number of nitrogens with zero attached hydrogens (tertiary/aromatic N) is 1. The van der Waals surface area contributed by atoms with E-state index in [9.17, 15) is 13.2 Å². The molecule has 0 bridgehead atoms. The Kier molecular flexibility index (Phi) is 3.27. The summed E-state index contributed by atoms with van der Waals surface area (Å²) in [4.78, 5) is 1.74. The fourth-order valence-corrected chi connectivity index (χ4v) is 2.46. The average molecular weight is 258 g/mol. The number of benzene rings is 1. The normalized spacial score (nSPS) is 25.3. The Morgan fingerprint density at radius 2 is 1.94 bits per heavy atom. The topological polar surface area (TPSA) is 29.3 Å². The summed E-state index contributed by atoms with van der Waals surface area (Å²) in [7, 11) is 0. The number of halogens is 3. The molecular weight excluding hydrogens is 241 g/mol. The van der Waals surface area contributed by atoms with E-state index in [-0.39, 0.29) is 5.69 Å². The summed E-state index contributed by atoms with van der Waals surface area (Å²) in [5, 5.41) is 0. The maximum Gasteiger partial charge on any atom is 0.418 e. The summed E-state index contributed by atoms with van der Waals surface area (Å²) in [6.45, 7) is 2.97. The van der Waals surface area contributed by atoms with Gasteiger partial charge >= 0.3 is 6.18 Å². The van der Waals surface area contributed by atoms with Crippen LogP contribution in [0.2, 0.25) is 0 Å². The highest BCUT2D eigenvalue weighted by atomic mass is 19.4. The fraction of sp³-hybridized carbons (Fsp3) is 0.538. The first-order valence-electron chi connectivity index (χ1n) is 6.00. The summed E-state index contributed by atoms with van der Waals surface area (Å²) in [6.07, 6.45) is -2.66. The number of hydrogen-bond acceptors (Lipinski definition) is 2. The monoisotopic (exact) mass is 258 g/mol. The third-order valence-corrected chi connectivity index (χ3v) is 3.28. The van der Waals surface area contributed by atoms with Crippen LogP contribution in [0.5, 0.6) is 0 Å². The van der Waals surface area contributed by atoms with Gasteiger partial charge in [0.25, 0.3) is 0 Å². The highest BCUT2D eigenvalue weighted by molar-refractivity contribution is 5.55. The molecule has 1 saturated heterocycles. The predicted octanol–water partition coefficient (Wildman–Crippen LogP) is 3.02. The molecule has 18 heavy (non-hydrogen) atoms. The summed E-state index contributed by atoms with van der Waals surface area (Å²) in [5.74, 6) is 0. The van der Waals surface area contributed by atoms with Crippen molar-refractivity contribution < 1.29 is 13.2 Å². The Bertz CT molecular complexity index is 426. The van der Waals surface area contributed by atoms with Crippen LogP contribution in [0.1, 0.15) is 25.3 Å². The first-order chi connectivity index (χ1) is 8.30. The standard InChI is InChI=1S/C13H17F3N2/c1-12(17)7-4-8-18(9-12)11-6-3-2-5-10(11)13(14,15)16/h2-3,5-6H,4,7-9,17H2,1H3. The van der Waals surface area contributed by atoms with Crippen molar-refractivity contribution in [3.63, 3.8) is 0 Å². The van der Waals surface area contributed by atoms with Crippen molar-refractivity contribution in [3.8, 4) is 0 Å². The van der Waals surface area contributed by atoms with E-state index in [1.54, 1.807) is 11.0 Å². The second-order valence-electron chi connectivity index (χ2n) is 5.19. The molecular formula is C13H17F3N2. The molecule has 1 aliphatic rings. The van der Waals surface area contributed by atoms with Gasteiger partial charge in [0.15, 0.2) is 0 Å². The zero-order chi connectivity index (χ0) is 13.4. The minimum absolute atomic E-state index is 0.237. The maximum absolute atomic E-state index is 12.9. The Hall–Kier alpha value is -1.23. The van der Waals surface area contributed by atoms with Crippen molar-refractivity contribution in [2.45, 2.75) is 31.5 Å². The first kappa shape index (κ1) is 13.2. The van der Waals surface area contributed by atoms with Crippen LogP contribution in [0.4, 0.5) is 18.9 Å². The van der Waals surface area contributed by atoms with Crippen LogP contribution in [0.25, 0.3) is 0 Å². The molecule has 2 N–H and O–H groups in total. The summed E-state index contributed by atoms with van der Waals surface area (Å²) >= 11 is 0. The molecule has 0 saturated carbocycles. The van der Waals surface area contributed by atoms with E-state index in [0.29, 0.717) is 13.1 Å². The number of hydrogen-bond donors (Lipinski definition) is 1. The number of anilines is 1. The quantitative estimate of drug-likeness (QED) is 0.839. The van der Waals surface area contributed by atoms with E-state index in [2.05, 4.69) is 0 Å². The van der Waals surface area contributed by atoms with Crippen molar-refractivity contribution in [3.05, 3.63) is 29.8 Å². The molecule has 5 heteroatoms. The second kappa shape index (κ2) is 4.46. The Balaban J connectivity index is 2.33. The SMILES string of the molecule is CC1(N)CCCN(c2ccccc2C(F)(F)F)C1. The highest BCUT2D eigenvalue weighted by Gasteiger charge is 2.36. The van der Waals surface area contributed by atoms with E-state index in [0.717, 1.165) is 18.9 Å². The van der Waals surface area contributed by atoms with Gasteiger partial charge in [-0.25, -0.2) is 0 Å². The lowest BCUT2D eigenvalue weighted by atomic mass is 9.91. The molecule has 0 aromatic heterocycles. The van der Waals surface area contributed by atoms with Crippen LogP contribution in [-0.2, 0) is 6.18 Å². The molecule has 0 radical (unpaired) electrons. The van der Waals surface area contributed by atoms with Crippen molar-refractivity contribution in [1.82, 2.24) is 0 Å². The molecule has 0 amide bonds.